The van der Waals surface area contributed by atoms with Crippen LogP contribution < -0.4 is 5.32 Å². The van der Waals surface area contributed by atoms with Crippen molar-refractivity contribution in [3.8, 4) is 23.6 Å². The summed E-state index contributed by atoms with van der Waals surface area (Å²) in [6.45, 7) is 0.101. The van der Waals surface area contributed by atoms with Crippen molar-refractivity contribution in [1.82, 2.24) is 0 Å². The van der Waals surface area contributed by atoms with Crippen LogP contribution >= 0.6 is 0 Å². The summed E-state index contributed by atoms with van der Waals surface area (Å²) >= 11 is 0. The molecule has 0 aliphatic rings. The van der Waals surface area contributed by atoms with E-state index in [1.165, 1.54) is 18.2 Å². The van der Waals surface area contributed by atoms with Gasteiger partial charge in [0.15, 0.2) is 0 Å². The van der Waals surface area contributed by atoms with Crippen LogP contribution in [0.2, 0.25) is 0 Å². The lowest BCUT2D eigenvalue weighted by Crippen LogP contribution is -2.10. The number of nitrogens with zero attached hydrogens (tertiary/aromatic N) is 2. The van der Waals surface area contributed by atoms with Crippen molar-refractivity contribution >= 4 is 5.69 Å². The molecule has 5 heteroatoms. The first-order valence-corrected chi connectivity index (χ1v) is 4.22. The molecule has 76 valence electrons. The monoisotopic (exact) mass is 203 g/mol. The summed E-state index contributed by atoms with van der Waals surface area (Å²) in [5, 5.41) is 38.2. The number of phenols is 2. The van der Waals surface area contributed by atoms with Gasteiger partial charge in [0.25, 0.3) is 0 Å². The zero-order chi connectivity index (χ0) is 11.3. The number of aromatic hydroxyl groups is 2. The highest BCUT2D eigenvalue weighted by Gasteiger charge is 2.07. The van der Waals surface area contributed by atoms with Crippen molar-refractivity contribution in [3.05, 3.63) is 18.2 Å². The Kier molecular flexibility index (Phi) is 3.37. The molecule has 1 aromatic rings. The van der Waals surface area contributed by atoms with Gasteiger partial charge in [0.1, 0.15) is 17.4 Å². The van der Waals surface area contributed by atoms with Gasteiger partial charge in [-0.2, -0.15) is 10.5 Å². The highest BCUT2D eigenvalue weighted by Crippen LogP contribution is 2.27. The lowest BCUT2D eigenvalue weighted by atomic mass is 10.2. The Bertz CT molecular complexity index is 417. The van der Waals surface area contributed by atoms with Crippen LogP contribution in [0.15, 0.2) is 18.2 Å². The van der Waals surface area contributed by atoms with Crippen molar-refractivity contribution in [3.63, 3.8) is 0 Å². The number of rotatable bonds is 3. The Morgan fingerprint density at radius 3 is 2.53 bits per heavy atom. The van der Waals surface area contributed by atoms with Crippen molar-refractivity contribution < 1.29 is 10.2 Å². The molecule has 0 bridgehead atoms. The first-order valence-electron chi connectivity index (χ1n) is 4.22. The lowest BCUT2D eigenvalue weighted by Gasteiger charge is -2.08. The Hall–Kier alpha value is -2.40. The van der Waals surface area contributed by atoms with Gasteiger partial charge in [-0.05, 0) is 12.1 Å². The molecule has 15 heavy (non-hydrogen) atoms. The summed E-state index contributed by atoms with van der Waals surface area (Å²) in [7, 11) is 0. The maximum atomic E-state index is 9.35. The van der Waals surface area contributed by atoms with Crippen LogP contribution in [0.25, 0.3) is 0 Å². The summed E-state index contributed by atoms with van der Waals surface area (Å²) in [4.78, 5) is 0. The standard InChI is InChI=1S/C10H9N3O2/c11-4-7(5-12)6-13-9-3-8(14)1-2-10(9)15/h1-3,7,13-15H,6H2. The molecule has 0 fully saturated rings. The SMILES string of the molecule is N#CC(C#N)CNc1cc(O)ccc1O. The van der Waals surface area contributed by atoms with Crippen LogP contribution in [0.5, 0.6) is 11.5 Å². The fourth-order valence-electron chi connectivity index (χ4n) is 0.998. The van der Waals surface area contributed by atoms with Gasteiger partial charge in [-0.3, -0.25) is 0 Å². The van der Waals surface area contributed by atoms with Gasteiger partial charge < -0.3 is 15.5 Å². The minimum absolute atomic E-state index is 0.000709. The van der Waals surface area contributed by atoms with Gasteiger partial charge in [0, 0.05) is 12.6 Å². The maximum Gasteiger partial charge on any atom is 0.150 e. The third kappa shape index (κ3) is 2.78. The Morgan fingerprint density at radius 2 is 1.93 bits per heavy atom. The third-order valence-electron chi connectivity index (χ3n) is 1.79. The number of hydrogen-bond donors (Lipinski definition) is 3. The molecule has 0 aromatic heterocycles. The molecule has 0 atom stereocenters. The number of phenolic OH excluding ortho intramolecular Hbond substituents is 2. The van der Waals surface area contributed by atoms with E-state index in [0.29, 0.717) is 5.69 Å². The van der Waals surface area contributed by atoms with E-state index in [1.54, 1.807) is 12.1 Å². The zero-order valence-electron chi connectivity index (χ0n) is 7.81. The molecule has 3 N–H and O–H groups in total. The molecule has 0 saturated carbocycles. The summed E-state index contributed by atoms with van der Waals surface area (Å²) in [5.41, 5.74) is 0.297. The van der Waals surface area contributed by atoms with Crippen molar-refractivity contribution in [2.24, 2.45) is 5.92 Å². The van der Waals surface area contributed by atoms with Crippen LogP contribution in [0.1, 0.15) is 0 Å². The zero-order valence-corrected chi connectivity index (χ0v) is 7.81. The van der Waals surface area contributed by atoms with Gasteiger partial charge in [0.05, 0.1) is 17.8 Å². The number of anilines is 1. The molecule has 0 amide bonds. The van der Waals surface area contributed by atoms with Gasteiger partial charge in [-0.15, -0.1) is 0 Å². The molecule has 0 heterocycles. The normalized spacial score (nSPS) is 9.27. The molecule has 0 radical (unpaired) electrons. The Balaban J connectivity index is 2.70. The largest absolute Gasteiger partial charge is 0.508 e. The number of hydrogen-bond acceptors (Lipinski definition) is 5. The van der Waals surface area contributed by atoms with E-state index >= 15 is 0 Å². The van der Waals surface area contributed by atoms with Crippen molar-refractivity contribution in [1.29, 1.82) is 10.5 Å². The van der Waals surface area contributed by atoms with E-state index in [2.05, 4.69) is 5.32 Å². The topological polar surface area (TPSA) is 100 Å². The fraction of sp³-hybridized carbons (Fsp3) is 0.200. The van der Waals surface area contributed by atoms with Crippen LogP contribution in [0.4, 0.5) is 5.69 Å². The van der Waals surface area contributed by atoms with Gasteiger partial charge in [0.2, 0.25) is 0 Å². The van der Waals surface area contributed by atoms with E-state index in [1.807, 2.05) is 0 Å². The van der Waals surface area contributed by atoms with Crippen molar-refractivity contribution in [2.75, 3.05) is 11.9 Å². The Morgan fingerprint density at radius 1 is 1.27 bits per heavy atom. The van der Waals surface area contributed by atoms with Crippen LogP contribution in [0, 0.1) is 28.6 Å². The molecular formula is C10H9N3O2. The van der Waals surface area contributed by atoms with E-state index in [4.69, 9.17) is 15.6 Å². The smallest absolute Gasteiger partial charge is 0.150 e. The molecular weight excluding hydrogens is 194 g/mol. The minimum Gasteiger partial charge on any atom is -0.508 e. The van der Waals surface area contributed by atoms with E-state index in [-0.39, 0.29) is 18.0 Å². The maximum absolute atomic E-state index is 9.35. The van der Waals surface area contributed by atoms with Crippen LogP contribution in [-0.2, 0) is 0 Å². The van der Waals surface area contributed by atoms with Crippen LogP contribution in [0.3, 0.4) is 0 Å². The van der Waals surface area contributed by atoms with Crippen LogP contribution in [-0.4, -0.2) is 16.8 Å². The van der Waals surface area contributed by atoms with E-state index < -0.39 is 5.92 Å². The summed E-state index contributed by atoms with van der Waals surface area (Å²) in [5.74, 6) is -0.824. The average Bonchev–Trinajstić information content (AvgIpc) is 2.24. The fourth-order valence-corrected chi connectivity index (χ4v) is 0.998. The second kappa shape index (κ2) is 4.73. The van der Waals surface area contributed by atoms with E-state index in [9.17, 15) is 5.11 Å². The van der Waals surface area contributed by atoms with Gasteiger partial charge in [-0.25, -0.2) is 0 Å². The molecule has 0 saturated heterocycles. The molecule has 0 aliphatic carbocycles. The second-order valence-corrected chi connectivity index (χ2v) is 2.89. The summed E-state index contributed by atoms with van der Waals surface area (Å²) in [6.07, 6.45) is 0. The Labute approximate surface area is 86.8 Å². The second-order valence-electron chi connectivity index (χ2n) is 2.89. The lowest BCUT2D eigenvalue weighted by molar-refractivity contribution is 0.461. The molecule has 0 unspecified atom stereocenters. The average molecular weight is 203 g/mol. The quantitative estimate of drug-likeness (QED) is 0.505. The highest BCUT2D eigenvalue weighted by atomic mass is 16.3. The number of nitriles is 2. The third-order valence-corrected chi connectivity index (χ3v) is 1.79. The predicted molar refractivity (Wildman–Crippen MR) is 53.0 cm³/mol. The highest BCUT2D eigenvalue weighted by molar-refractivity contribution is 5.58. The summed E-state index contributed by atoms with van der Waals surface area (Å²) < 4.78 is 0. The molecule has 0 aliphatic heterocycles. The summed E-state index contributed by atoms with van der Waals surface area (Å²) in [6, 6.07) is 7.56. The first kappa shape index (κ1) is 10.7. The molecule has 5 nitrogen and oxygen atoms in total. The first-order chi connectivity index (χ1) is 7.17. The van der Waals surface area contributed by atoms with Gasteiger partial charge in [-0.1, -0.05) is 0 Å². The minimum atomic E-state index is -0.785. The van der Waals surface area contributed by atoms with Crippen molar-refractivity contribution in [2.45, 2.75) is 0 Å². The number of nitrogens with one attached hydrogen (secondary N) is 1. The van der Waals surface area contributed by atoms with Gasteiger partial charge >= 0.3 is 0 Å². The molecule has 1 rings (SSSR count). The number of benzene rings is 1. The molecule has 0 spiro atoms. The predicted octanol–water partition coefficient (Wildman–Crippen LogP) is 1.17. The molecule has 1 aromatic carbocycles. The van der Waals surface area contributed by atoms with E-state index in [0.717, 1.165) is 0 Å².